The molecule has 2 nitrogen and oxygen atoms in total. The van der Waals surface area contributed by atoms with Crippen molar-refractivity contribution in [3.8, 4) is 5.75 Å². The summed E-state index contributed by atoms with van der Waals surface area (Å²) in [4.78, 5) is 0. The minimum atomic E-state index is -1.60. The van der Waals surface area contributed by atoms with Gasteiger partial charge in [-0.25, -0.2) is 26.3 Å². The molecule has 0 aliphatic heterocycles. The molecule has 0 aliphatic rings. The van der Waals surface area contributed by atoms with E-state index in [-0.39, 0.29) is 17.4 Å². The van der Waals surface area contributed by atoms with E-state index in [0.717, 1.165) is 19.3 Å². The number of alkyl halides is 2. The zero-order valence-corrected chi connectivity index (χ0v) is 17.2. The molecule has 0 saturated heterocycles. The molecule has 0 bridgehead atoms. The smallest absolute Gasteiger partial charge is 0.228 e. The van der Waals surface area contributed by atoms with Gasteiger partial charge in [0.2, 0.25) is 6.86 Å². The standard InChI is InChI=1S/C13H18F2O.C7H4F4O.CH3F/c1-4-5-6-13(16-3)10-7-11(14)9(2)12(15)8-10;8-3-12-4-1-5(9)7(11)6(10)2-4;1-2/h7-8,13H,4-6H2,1-3H3;1-2H,3H2;1H3. The Hall–Kier alpha value is -2.29. The van der Waals surface area contributed by atoms with E-state index < -0.39 is 35.9 Å². The maximum Gasteiger partial charge on any atom is 0.228 e. The third-order valence-corrected chi connectivity index (χ3v) is 3.96. The minimum Gasteiger partial charge on any atom is -0.463 e. The summed E-state index contributed by atoms with van der Waals surface area (Å²) in [6.07, 6.45) is 2.59. The Kier molecular flexibility index (Phi) is 13.5. The Balaban J connectivity index is 0.000000535. The van der Waals surface area contributed by atoms with E-state index in [4.69, 9.17) is 4.74 Å². The highest BCUT2D eigenvalue weighted by Crippen LogP contribution is 2.26. The fraction of sp³-hybridized carbons (Fsp3) is 0.429. The summed E-state index contributed by atoms with van der Waals surface area (Å²) in [5, 5.41) is 0. The number of rotatable bonds is 7. The molecule has 2 aromatic carbocycles. The molecule has 170 valence electrons. The Bertz CT molecular complexity index is 723. The summed E-state index contributed by atoms with van der Waals surface area (Å²) in [5.41, 5.74) is 0.644. The summed E-state index contributed by atoms with van der Waals surface area (Å²) >= 11 is 0. The van der Waals surface area contributed by atoms with Crippen molar-refractivity contribution in [1.29, 1.82) is 0 Å². The van der Waals surface area contributed by atoms with Crippen molar-refractivity contribution in [3.05, 3.63) is 64.5 Å². The highest BCUT2D eigenvalue weighted by Gasteiger charge is 2.14. The highest BCUT2D eigenvalue weighted by molar-refractivity contribution is 5.27. The van der Waals surface area contributed by atoms with Gasteiger partial charge in [0, 0.05) is 24.8 Å². The molecule has 9 heteroatoms. The first kappa shape index (κ1) is 27.7. The Morgan fingerprint density at radius 2 is 1.37 bits per heavy atom. The van der Waals surface area contributed by atoms with Crippen LogP contribution in [0.5, 0.6) is 5.75 Å². The van der Waals surface area contributed by atoms with Gasteiger partial charge in [0.15, 0.2) is 17.5 Å². The van der Waals surface area contributed by atoms with Crippen LogP contribution in [0.15, 0.2) is 24.3 Å². The first-order valence-electron chi connectivity index (χ1n) is 8.94. The van der Waals surface area contributed by atoms with Crippen molar-refractivity contribution >= 4 is 0 Å². The Morgan fingerprint density at radius 1 is 0.867 bits per heavy atom. The lowest BCUT2D eigenvalue weighted by Crippen LogP contribution is -2.04. The van der Waals surface area contributed by atoms with E-state index in [1.54, 1.807) is 7.11 Å². The van der Waals surface area contributed by atoms with E-state index in [2.05, 4.69) is 11.7 Å². The molecular formula is C21H25F7O2. The first-order valence-corrected chi connectivity index (χ1v) is 8.94. The molecule has 0 N–H and O–H groups in total. The fourth-order valence-electron chi connectivity index (χ4n) is 2.34. The van der Waals surface area contributed by atoms with Gasteiger partial charge in [-0.15, -0.1) is 0 Å². The van der Waals surface area contributed by atoms with E-state index in [1.165, 1.54) is 19.1 Å². The van der Waals surface area contributed by atoms with Crippen molar-refractivity contribution in [3.63, 3.8) is 0 Å². The predicted molar refractivity (Wildman–Crippen MR) is 100 cm³/mol. The highest BCUT2D eigenvalue weighted by atomic mass is 19.2. The number of ether oxygens (including phenoxy) is 2. The monoisotopic (exact) mass is 442 g/mol. The summed E-state index contributed by atoms with van der Waals surface area (Å²) in [5.74, 6) is -5.80. The third kappa shape index (κ3) is 8.61. The van der Waals surface area contributed by atoms with Crippen LogP contribution in [0.25, 0.3) is 0 Å². The second-order valence-corrected chi connectivity index (χ2v) is 5.93. The third-order valence-electron chi connectivity index (χ3n) is 3.96. The van der Waals surface area contributed by atoms with Gasteiger partial charge < -0.3 is 9.47 Å². The maximum absolute atomic E-state index is 13.4. The summed E-state index contributed by atoms with van der Waals surface area (Å²) in [7, 11) is 2.07. The van der Waals surface area contributed by atoms with Crippen LogP contribution in [0, 0.1) is 36.0 Å². The second-order valence-electron chi connectivity index (χ2n) is 5.93. The van der Waals surface area contributed by atoms with E-state index in [0.29, 0.717) is 24.9 Å². The predicted octanol–water partition coefficient (Wildman–Crippen LogP) is 7.15. The van der Waals surface area contributed by atoms with Crippen molar-refractivity contribution in [2.75, 3.05) is 21.1 Å². The number of hydrogen-bond donors (Lipinski definition) is 0. The molecule has 0 saturated carbocycles. The van der Waals surface area contributed by atoms with Gasteiger partial charge in [-0.2, -0.15) is 0 Å². The lowest BCUT2D eigenvalue weighted by molar-refractivity contribution is 0.0930. The number of halogens is 7. The number of benzene rings is 2. The lowest BCUT2D eigenvalue weighted by atomic mass is 10.0. The summed E-state index contributed by atoms with van der Waals surface area (Å²) < 4.78 is 94.0. The minimum absolute atomic E-state index is 0.0640. The summed E-state index contributed by atoms with van der Waals surface area (Å²) in [6.45, 7) is 2.29. The molecule has 30 heavy (non-hydrogen) atoms. The van der Waals surface area contributed by atoms with Crippen LogP contribution < -0.4 is 4.74 Å². The average molecular weight is 442 g/mol. The van der Waals surface area contributed by atoms with Crippen LogP contribution in [0.1, 0.15) is 43.4 Å². The molecule has 0 spiro atoms. The van der Waals surface area contributed by atoms with Crippen LogP contribution in [0.3, 0.4) is 0 Å². The second kappa shape index (κ2) is 14.7. The normalized spacial score (nSPS) is 11.0. The largest absolute Gasteiger partial charge is 0.463 e. The molecule has 0 aliphatic carbocycles. The van der Waals surface area contributed by atoms with Crippen LogP contribution in [-0.2, 0) is 4.74 Å². The molecule has 1 unspecified atom stereocenters. The molecular weight excluding hydrogens is 417 g/mol. The van der Waals surface area contributed by atoms with Crippen molar-refractivity contribution in [1.82, 2.24) is 0 Å². The lowest BCUT2D eigenvalue weighted by Gasteiger charge is -2.16. The zero-order valence-electron chi connectivity index (χ0n) is 17.2. The van der Waals surface area contributed by atoms with Gasteiger partial charge in [-0.1, -0.05) is 19.8 Å². The molecule has 2 aromatic rings. The topological polar surface area (TPSA) is 18.5 Å². The van der Waals surface area contributed by atoms with Gasteiger partial charge in [0.05, 0.1) is 13.3 Å². The van der Waals surface area contributed by atoms with Crippen molar-refractivity contribution in [2.45, 2.75) is 39.2 Å². The van der Waals surface area contributed by atoms with Gasteiger partial charge in [0.25, 0.3) is 0 Å². The molecule has 0 aromatic heterocycles. The van der Waals surface area contributed by atoms with Gasteiger partial charge >= 0.3 is 0 Å². The van der Waals surface area contributed by atoms with Gasteiger partial charge in [0.1, 0.15) is 17.4 Å². The molecule has 0 heterocycles. The number of methoxy groups -OCH3 is 1. The molecule has 0 radical (unpaired) electrons. The quantitative estimate of drug-likeness (QED) is 0.335. The van der Waals surface area contributed by atoms with E-state index in [1.807, 2.05) is 0 Å². The van der Waals surface area contributed by atoms with Gasteiger partial charge in [-0.05, 0) is 31.0 Å². The van der Waals surface area contributed by atoms with E-state index in [9.17, 15) is 30.7 Å². The number of hydrogen-bond acceptors (Lipinski definition) is 2. The van der Waals surface area contributed by atoms with Gasteiger partial charge in [-0.3, -0.25) is 4.39 Å². The Labute approximate surface area is 171 Å². The molecule has 0 fully saturated rings. The van der Waals surface area contributed by atoms with Crippen LogP contribution in [0.4, 0.5) is 30.7 Å². The molecule has 2 rings (SSSR count). The zero-order chi connectivity index (χ0) is 23.3. The molecule has 0 amide bonds. The maximum atomic E-state index is 13.4. The molecule has 1 atom stereocenters. The summed E-state index contributed by atoms with van der Waals surface area (Å²) in [6, 6.07) is 3.86. The number of unbranched alkanes of at least 4 members (excludes halogenated alkanes) is 1. The van der Waals surface area contributed by atoms with Crippen molar-refractivity contribution < 1.29 is 40.2 Å². The SMILES string of the molecule is CCCCC(OC)c1cc(F)c(C)c(F)c1.CF.FCOc1cc(F)c(F)c(F)c1. The van der Waals surface area contributed by atoms with Crippen LogP contribution in [-0.4, -0.2) is 21.1 Å². The average Bonchev–Trinajstić information content (AvgIpc) is 2.73. The van der Waals surface area contributed by atoms with Crippen molar-refractivity contribution in [2.24, 2.45) is 0 Å². The Morgan fingerprint density at radius 3 is 1.77 bits per heavy atom. The van der Waals surface area contributed by atoms with Crippen LogP contribution >= 0.6 is 0 Å². The van der Waals surface area contributed by atoms with E-state index >= 15 is 0 Å². The first-order chi connectivity index (χ1) is 14.2. The van der Waals surface area contributed by atoms with Crippen LogP contribution in [0.2, 0.25) is 0 Å². The fourth-order valence-corrected chi connectivity index (χ4v) is 2.34.